The fourth-order valence-corrected chi connectivity index (χ4v) is 3.37. The van der Waals surface area contributed by atoms with Gasteiger partial charge in [-0.15, -0.1) is 11.3 Å². The number of nitrogens with zero attached hydrogens (tertiary/aromatic N) is 2. The SMILES string of the molecule is N#CCCCn1c(=O)[nH]c2scc(-c3ccc(F)cc3)c2c1=O. The first-order valence-electron chi connectivity index (χ1n) is 6.99. The summed E-state index contributed by atoms with van der Waals surface area (Å²) in [5.74, 6) is -0.351. The summed E-state index contributed by atoms with van der Waals surface area (Å²) in [5.41, 5.74) is 0.515. The lowest BCUT2D eigenvalue weighted by molar-refractivity contribution is 0.605. The molecule has 1 N–H and O–H groups in total. The zero-order valence-electron chi connectivity index (χ0n) is 12.0. The summed E-state index contributed by atoms with van der Waals surface area (Å²) < 4.78 is 14.2. The van der Waals surface area contributed by atoms with Crippen molar-refractivity contribution in [1.29, 1.82) is 5.26 Å². The Hall–Kier alpha value is -2.72. The van der Waals surface area contributed by atoms with E-state index in [4.69, 9.17) is 5.26 Å². The van der Waals surface area contributed by atoms with Crippen molar-refractivity contribution < 1.29 is 4.39 Å². The molecule has 116 valence electrons. The average molecular weight is 329 g/mol. The van der Waals surface area contributed by atoms with Crippen LogP contribution in [0.2, 0.25) is 0 Å². The second-order valence-corrected chi connectivity index (χ2v) is 5.89. The quantitative estimate of drug-likeness (QED) is 0.748. The van der Waals surface area contributed by atoms with Crippen LogP contribution in [0.1, 0.15) is 12.8 Å². The molecule has 0 radical (unpaired) electrons. The number of H-pyrrole nitrogens is 1. The van der Waals surface area contributed by atoms with Gasteiger partial charge in [-0.25, -0.2) is 9.18 Å². The Morgan fingerprint density at radius 2 is 2.00 bits per heavy atom. The van der Waals surface area contributed by atoms with E-state index < -0.39 is 5.69 Å². The molecule has 0 aliphatic carbocycles. The number of halogens is 1. The molecule has 1 aromatic carbocycles. The minimum absolute atomic E-state index is 0.191. The van der Waals surface area contributed by atoms with Gasteiger partial charge in [0.05, 0.1) is 11.5 Å². The maximum atomic E-state index is 13.1. The van der Waals surface area contributed by atoms with E-state index in [1.165, 1.54) is 23.5 Å². The molecule has 0 atom stereocenters. The number of rotatable bonds is 4. The van der Waals surface area contributed by atoms with E-state index in [1.807, 2.05) is 6.07 Å². The molecule has 7 heteroatoms. The molecular weight excluding hydrogens is 317 g/mol. The van der Waals surface area contributed by atoms with Crippen molar-refractivity contribution >= 4 is 21.6 Å². The van der Waals surface area contributed by atoms with E-state index in [1.54, 1.807) is 17.5 Å². The monoisotopic (exact) mass is 329 g/mol. The summed E-state index contributed by atoms with van der Waals surface area (Å²) in [6, 6.07) is 7.85. The lowest BCUT2D eigenvalue weighted by atomic mass is 10.1. The zero-order chi connectivity index (χ0) is 16.4. The second-order valence-electron chi connectivity index (χ2n) is 5.01. The van der Waals surface area contributed by atoms with Gasteiger partial charge >= 0.3 is 5.69 Å². The highest BCUT2D eigenvalue weighted by molar-refractivity contribution is 7.17. The van der Waals surface area contributed by atoms with Crippen LogP contribution in [-0.4, -0.2) is 9.55 Å². The summed E-state index contributed by atoms with van der Waals surface area (Å²) in [4.78, 5) is 27.9. The van der Waals surface area contributed by atoms with E-state index in [9.17, 15) is 14.0 Å². The predicted octanol–water partition coefficient (Wildman–Crippen LogP) is 2.86. The Balaban J connectivity index is 2.17. The first kappa shape index (κ1) is 15.2. The maximum Gasteiger partial charge on any atom is 0.329 e. The first-order chi connectivity index (χ1) is 11.1. The first-order valence-corrected chi connectivity index (χ1v) is 7.87. The van der Waals surface area contributed by atoms with Crippen molar-refractivity contribution in [3.63, 3.8) is 0 Å². The van der Waals surface area contributed by atoms with Crippen molar-refractivity contribution in [2.45, 2.75) is 19.4 Å². The highest BCUT2D eigenvalue weighted by atomic mass is 32.1. The number of nitriles is 1. The van der Waals surface area contributed by atoms with Gasteiger partial charge in [-0.1, -0.05) is 12.1 Å². The van der Waals surface area contributed by atoms with Crippen molar-refractivity contribution in [2.24, 2.45) is 0 Å². The van der Waals surface area contributed by atoms with Crippen LogP contribution in [0, 0.1) is 17.1 Å². The molecule has 23 heavy (non-hydrogen) atoms. The Morgan fingerprint density at radius 3 is 2.70 bits per heavy atom. The molecule has 3 aromatic rings. The molecule has 2 heterocycles. The molecular formula is C16H12FN3O2S. The molecule has 0 unspecified atom stereocenters. The Bertz CT molecular complexity index is 1010. The molecule has 2 aromatic heterocycles. The van der Waals surface area contributed by atoms with Crippen LogP contribution >= 0.6 is 11.3 Å². The second kappa shape index (κ2) is 6.18. The summed E-state index contributed by atoms with van der Waals surface area (Å²) in [5, 5.41) is 10.8. The summed E-state index contributed by atoms with van der Waals surface area (Å²) in [6.45, 7) is 0.191. The third-order valence-electron chi connectivity index (χ3n) is 3.54. The van der Waals surface area contributed by atoms with E-state index in [0.29, 0.717) is 27.8 Å². The smallest absolute Gasteiger partial charge is 0.298 e. The number of nitrogens with one attached hydrogen (secondary N) is 1. The molecule has 0 aliphatic heterocycles. The fraction of sp³-hybridized carbons (Fsp3) is 0.188. The maximum absolute atomic E-state index is 13.1. The number of aromatic nitrogens is 2. The van der Waals surface area contributed by atoms with Gasteiger partial charge in [0.15, 0.2) is 0 Å². The van der Waals surface area contributed by atoms with E-state index >= 15 is 0 Å². The van der Waals surface area contributed by atoms with E-state index in [0.717, 1.165) is 4.57 Å². The Labute approximate surface area is 134 Å². The van der Waals surface area contributed by atoms with Gasteiger partial charge in [0.1, 0.15) is 10.6 Å². The van der Waals surface area contributed by atoms with Crippen LogP contribution in [-0.2, 0) is 6.54 Å². The van der Waals surface area contributed by atoms with Crippen LogP contribution < -0.4 is 11.2 Å². The number of hydrogen-bond acceptors (Lipinski definition) is 4. The number of hydrogen-bond donors (Lipinski definition) is 1. The third-order valence-corrected chi connectivity index (χ3v) is 4.44. The molecule has 0 spiro atoms. The number of aromatic amines is 1. The Kier molecular flexibility index (Phi) is 4.08. The van der Waals surface area contributed by atoms with Gasteiger partial charge in [0.25, 0.3) is 5.56 Å². The number of fused-ring (bicyclic) bond motifs is 1. The van der Waals surface area contributed by atoms with Gasteiger partial charge < -0.3 is 0 Å². The molecule has 0 amide bonds. The highest BCUT2D eigenvalue weighted by Crippen LogP contribution is 2.30. The lowest BCUT2D eigenvalue weighted by Gasteiger charge is -2.04. The minimum Gasteiger partial charge on any atom is -0.298 e. The average Bonchev–Trinajstić information content (AvgIpc) is 2.95. The summed E-state index contributed by atoms with van der Waals surface area (Å²) in [6.07, 6.45) is 0.708. The number of thiophene rings is 1. The standard InChI is InChI=1S/C16H12FN3O2S/c17-11-5-3-10(4-6-11)12-9-23-14-13(12)15(21)20(16(22)19-14)8-2-1-7-18/h3-6,9H,1-2,8H2,(H,19,22). The van der Waals surface area contributed by atoms with Crippen molar-refractivity contribution in [1.82, 2.24) is 9.55 Å². The lowest BCUT2D eigenvalue weighted by Crippen LogP contribution is -2.34. The van der Waals surface area contributed by atoms with Crippen molar-refractivity contribution in [3.05, 3.63) is 56.3 Å². The third kappa shape index (κ3) is 2.81. The largest absolute Gasteiger partial charge is 0.329 e. The Morgan fingerprint density at radius 1 is 1.26 bits per heavy atom. The summed E-state index contributed by atoms with van der Waals surface area (Å²) in [7, 11) is 0. The summed E-state index contributed by atoms with van der Waals surface area (Å²) >= 11 is 1.26. The predicted molar refractivity (Wildman–Crippen MR) is 86.9 cm³/mol. The molecule has 5 nitrogen and oxygen atoms in total. The highest BCUT2D eigenvalue weighted by Gasteiger charge is 2.14. The molecule has 0 saturated heterocycles. The molecule has 0 saturated carbocycles. The van der Waals surface area contributed by atoms with Crippen LogP contribution in [0.4, 0.5) is 4.39 Å². The van der Waals surface area contributed by atoms with Crippen LogP contribution in [0.25, 0.3) is 21.3 Å². The molecule has 0 aliphatic rings. The number of unbranched alkanes of at least 4 members (excludes halogenated alkanes) is 1. The minimum atomic E-state index is -0.479. The van der Waals surface area contributed by atoms with Gasteiger partial charge in [-0.3, -0.25) is 14.3 Å². The molecule has 3 rings (SSSR count). The molecule has 0 bridgehead atoms. The van der Waals surface area contributed by atoms with Crippen LogP contribution in [0.15, 0.2) is 39.2 Å². The molecule has 0 fully saturated rings. The van der Waals surface area contributed by atoms with Gasteiger partial charge in [-0.05, 0) is 24.1 Å². The topological polar surface area (TPSA) is 78.7 Å². The zero-order valence-corrected chi connectivity index (χ0v) is 12.8. The van der Waals surface area contributed by atoms with Gasteiger partial charge in [0, 0.05) is 23.9 Å². The van der Waals surface area contributed by atoms with Gasteiger partial charge in [0.2, 0.25) is 0 Å². The van der Waals surface area contributed by atoms with E-state index in [-0.39, 0.29) is 24.3 Å². The van der Waals surface area contributed by atoms with Crippen LogP contribution in [0.3, 0.4) is 0 Å². The van der Waals surface area contributed by atoms with Crippen molar-refractivity contribution in [2.75, 3.05) is 0 Å². The van der Waals surface area contributed by atoms with Crippen molar-refractivity contribution in [3.8, 4) is 17.2 Å². The fourth-order valence-electron chi connectivity index (χ4n) is 2.42. The van der Waals surface area contributed by atoms with Gasteiger partial charge in [-0.2, -0.15) is 5.26 Å². The normalized spacial score (nSPS) is 10.8. The van der Waals surface area contributed by atoms with Crippen LogP contribution in [0.5, 0.6) is 0 Å². The number of benzene rings is 1. The van der Waals surface area contributed by atoms with E-state index in [2.05, 4.69) is 4.98 Å².